The molecular formula is C64H96N20Ni2O4. The van der Waals surface area contributed by atoms with Crippen molar-refractivity contribution in [1.29, 1.82) is 0 Å². The van der Waals surface area contributed by atoms with Gasteiger partial charge in [0.15, 0.2) is 0 Å². The average Bonchev–Trinajstić information content (AvgIpc) is 3.75. The Hall–Kier alpha value is -7.17. The molecule has 496 valence electrons. The first-order valence-corrected chi connectivity index (χ1v) is 31.4. The molecule has 4 aliphatic rings. The summed E-state index contributed by atoms with van der Waals surface area (Å²) in [6.07, 6.45) is 39.2. The fourth-order valence-electron chi connectivity index (χ4n) is 10.6. The van der Waals surface area contributed by atoms with Crippen molar-refractivity contribution in [1.82, 2.24) is 0 Å². The van der Waals surface area contributed by atoms with Gasteiger partial charge in [0.05, 0.1) is 50.3 Å². The van der Waals surface area contributed by atoms with Crippen LogP contribution in [0.2, 0.25) is 0 Å². The number of aliphatic imine (C=N–C) groups is 4. The van der Waals surface area contributed by atoms with E-state index in [1.807, 2.05) is 48.5 Å². The van der Waals surface area contributed by atoms with E-state index in [2.05, 4.69) is 41.2 Å². The minimum atomic E-state index is 0. The third-order valence-corrected chi connectivity index (χ3v) is 15.2. The molecule has 0 aliphatic heterocycles. The summed E-state index contributed by atoms with van der Waals surface area (Å²) in [6, 6.07) is 31.5. The van der Waals surface area contributed by atoms with Gasteiger partial charge < -0.3 is 85.9 Å². The number of quaternary nitrogens is 4. The largest absolute Gasteiger partial charge is 2.00 e. The van der Waals surface area contributed by atoms with Crippen molar-refractivity contribution in [2.45, 2.75) is 178 Å². The summed E-state index contributed by atoms with van der Waals surface area (Å²) in [5.74, 6) is 0.222. The maximum atomic E-state index is 11.4. The monoisotopic (exact) mass is 1320 g/mol. The molecule has 4 aliphatic carbocycles. The van der Waals surface area contributed by atoms with Gasteiger partial charge in [0, 0.05) is 76.7 Å². The minimum Gasteiger partial charge on any atom is -0.872 e. The molecule has 24 nitrogen and oxygen atoms in total. The second-order valence-corrected chi connectivity index (χ2v) is 21.8. The maximum Gasteiger partial charge on any atom is 2.00 e. The normalized spacial score (nSPS) is 14.8. The van der Waals surface area contributed by atoms with Gasteiger partial charge in [-0.2, -0.15) is 0 Å². The van der Waals surface area contributed by atoms with Gasteiger partial charge in [0.2, 0.25) is 0 Å². The van der Waals surface area contributed by atoms with Crippen molar-refractivity contribution < 1.29 is 74.7 Å². The fourth-order valence-corrected chi connectivity index (χ4v) is 10.6. The average molecular weight is 1330 g/mol. The Morgan fingerprint density at radius 1 is 0.311 bits per heavy atom. The molecule has 0 radical (unpaired) electrons. The van der Waals surface area contributed by atoms with E-state index < -0.39 is 0 Å². The van der Waals surface area contributed by atoms with Crippen molar-refractivity contribution in [2.24, 2.45) is 20.0 Å². The molecule has 0 unspecified atom stereocenters. The Morgan fingerprint density at radius 2 is 0.478 bits per heavy atom. The van der Waals surface area contributed by atoms with Crippen LogP contribution in [-0.2, 0) is 33.0 Å². The first-order chi connectivity index (χ1) is 43.1. The first kappa shape index (κ1) is 84.9. The summed E-state index contributed by atoms with van der Waals surface area (Å²) < 4.78 is 0. The van der Waals surface area contributed by atoms with Crippen LogP contribution < -0.4 is 41.7 Å². The van der Waals surface area contributed by atoms with E-state index >= 15 is 0 Å². The molecule has 8 rings (SSSR count). The van der Waals surface area contributed by atoms with Crippen molar-refractivity contribution in [2.75, 3.05) is 52.4 Å². The van der Waals surface area contributed by atoms with E-state index in [9.17, 15) is 20.4 Å². The van der Waals surface area contributed by atoms with Crippen molar-refractivity contribution in [3.05, 3.63) is 183 Å². The fraction of sp³-hybridized carbons (Fsp3) is 0.562. The standard InChI is InChI=1S/4C16H24N2O.4N3.2Ni/c4*19-16-10-5-4-7-14(16)13-17-11-6-12-18-15-8-2-1-3-9-15;4*1-3-2;;/h4*4-5,7,10,13,15,18-19H,1-3,6,8-9,11-12H2;;;;;;/q;;;;4*-1;2*+2. The van der Waals surface area contributed by atoms with Crippen LogP contribution in [0.25, 0.3) is 63.9 Å². The third-order valence-electron chi connectivity index (χ3n) is 15.2. The molecular weight excluding hydrogens is 1230 g/mol. The van der Waals surface area contributed by atoms with Gasteiger partial charge in [-0.05, 0) is 125 Å². The van der Waals surface area contributed by atoms with Crippen LogP contribution in [0.4, 0.5) is 0 Å². The van der Waals surface area contributed by atoms with Crippen molar-refractivity contribution in [3.8, 4) is 23.0 Å². The minimum absolute atomic E-state index is 0. The number of para-hydroxylation sites is 4. The number of nitrogens with zero attached hydrogens (tertiary/aromatic N) is 16. The molecule has 0 aromatic heterocycles. The number of nitrogens with two attached hydrogens (primary N) is 4. The first-order valence-electron chi connectivity index (χ1n) is 31.4. The molecule has 26 heteroatoms. The molecule has 0 amide bonds. The van der Waals surface area contributed by atoms with Crippen LogP contribution in [-0.4, -0.2) is 101 Å². The molecule has 0 spiro atoms. The Bertz CT molecular complexity index is 2280. The zero-order valence-electron chi connectivity index (χ0n) is 52.2. The molecule has 4 fully saturated rings. The molecule has 0 atom stereocenters. The zero-order valence-corrected chi connectivity index (χ0v) is 54.2. The van der Waals surface area contributed by atoms with Gasteiger partial charge in [0.25, 0.3) is 0 Å². The predicted molar refractivity (Wildman–Crippen MR) is 347 cm³/mol. The van der Waals surface area contributed by atoms with Crippen LogP contribution >= 0.6 is 0 Å². The summed E-state index contributed by atoms with van der Waals surface area (Å²) in [4.78, 5) is 23.4. The van der Waals surface area contributed by atoms with Gasteiger partial charge >= 0.3 is 33.0 Å². The molecule has 4 saturated carbocycles. The van der Waals surface area contributed by atoms with Crippen LogP contribution in [0.15, 0.2) is 117 Å². The molecule has 4 aromatic rings. The third kappa shape index (κ3) is 46.9. The van der Waals surface area contributed by atoms with E-state index in [-0.39, 0.29) is 56.0 Å². The molecule has 0 saturated heterocycles. The van der Waals surface area contributed by atoms with Crippen LogP contribution in [0, 0.1) is 0 Å². The predicted octanol–water partition coefficient (Wildman–Crippen LogP) is 9.32. The summed E-state index contributed by atoms with van der Waals surface area (Å²) in [5.41, 5.74) is 56.8. The molecule has 90 heavy (non-hydrogen) atoms. The van der Waals surface area contributed by atoms with E-state index in [1.54, 1.807) is 73.4 Å². The van der Waals surface area contributed by atoms with E-state index in [0.717, 1.165) is 102 Å². The van der Waals surface area contributed by atoms with E-state index in [0.29, 0.717) is 22.3 Å². The van der Waals surface area contributed by atoms with Crippen LogP contribution in [0.1, 0.15) is 176 Å². The SMILES string of the molecule is [N-]=[N+]=[N-].[N-]=[N+]=[N-].[N-]=[N+]=[N-].[N-]=[N+]=[N-].[Ni+2].[Ni+2].[O-]c1ccccc1C=NCCC[NH2+]C1CCCCC1.[O-]c1ccccc1C=NCCC[NH2+]C1CCCCC1.[O-]c1ccccc1C=NCCC[NH2+]C1CCCCC1.[O-]c1ccccc1C=NCCC[NH2+]C1CCCCC1. The Balaban J connectivity index is 0. The van der Waals surface area contributed by atoms with Gasteiger partial charge in [-0.1, -0.05) is 123 Å². The maximum absolute atomic E-state index is 11.4. The number of hydrogen-bond donors (Lipinski definition) is 4. The molecule has 4 aromatic carbocycles. The Kier molecular flexibility index (Phi) is 58.5. The smallest absolute Gasteiger partial charge is 0.872 e. The molecule has 0 bridgehead atoms. The van der Waals surface area contributed by atoms with Gasteiger partial charge in [-0.15, -0.1) is 23.0 Å². The summed E-state index contributed by atoms with van der Waals surface area (Å²) in [7, 11) is 0. The summed E-state index contributed by atoms with van der Waals surface area (Å²) in [5, 5.41) is 55.7. The van der Waals surface area contributed by atoms with Gasteiger partial charge in [-0.3, -0.25) is 39.6 Å². The second-order valence-electron chi connectivity index (χ2n) is 21.8. The van der Waals surface area contributed by atoms with E-state index in [4.69, 9.17) is 44.2 Å². The van der Waals surface area contributed by atoms with Crippen LogP contribution in [0.5, 0.6) is 23.0 Å². The molecule has 8 N–H and O–H groups in total. The molecule has 0 heterocycles. The van der Waals surface area contributed by atoms with Crippen molar-refractivity contribution in [3.63, 3.8) is 0 Å². The van der Waals surface area contributed by atoms with E-state index in [1.165, 1.54) is 148 Å². The topological polar surface area (TPSA) is 443 Å². The Morgan fingerprint density at radius 3 is 0.644 bits per heavy atom. The van der Waals surface area contributed by atoms with Gasteiger partial charge in [-0.25, -0.2) is 0 Å². The number of rotatable bonds is 24. The van der Waals surface area contributed by atoms with Gasteiger partial charge in [0.1, 0.15) is 0 Å². The van der Waals surface area contributed by atoms with Crippen molar-refractivity contribution >= 4 is 24.9 Å². The van der Waals surface area contributed by atoms with Crippen LogP contribution in [0.3, 0.4) is 0 Å². The zero-order chi connectivity index (χ0) is 64.2. The number of benzene rings is 4. The summed E-state index contributed by atoms with van der Waals surface area (Å²) >= 11 is 0. The second kappa shape index (κ2) is 62.0. The summed E-state index contributed by atoms with van der Waals surface area (Å²) in [6.45, 7) is 7.88. The Labute approximate surface area is 553 Å². The number of hydrogen-bond acceptors (Lipinski definition) is 8. The quantitative estimate of drug-likeness (QED) is 0.0133.